The molecule has 5 N–H and O–H groups in total. The topological polar surface area (TPSA) is 114 Å². The number of hydrogen-bond acceptors (Lipinski definition) is 5. The molecule has 3 rings (SSSR count). The van der Waals surface area contributed by atoms with E-state index in [4.69, 9.17) is 10.5 Å². The van der Waals surface area contributed by atoms with Crippen LogP contribution < -0.4 is 21.1 Å². The normalized spacial score (nSPS) is 16.9. The first kappa shape index (κ1) is 18.9. The molecule has 0 spiro atoms. The minimum Gasteiger partial charge on any atom is -0.483 e. The van der Waals surface area contributed by atoms with Crippen molar-refractivity contribution in [2.45, 2.75) is 25.1 Å². The maximum absolute atomic E-state index is 12.5. The van der Waals surface area contributed by atoms with Crippen LogP contribution in [0.25, 0.3) is 0 Å². The van der Waals surface area contributed by atoms with E-state index in [9.17, 15) is 14.7 Å². The van der Waals surface area contributed by atoms with Gasteiger partial charge in [0.1, 0.15) is 5.75 Å². The van der Waals surface area contributed by atoms with E-state index < -0.39 is 12.0 Å². The largest absolute Gasteiger partial charge is 0.483 e. The smallest absolute Gasteiger partial charge is 0.255 e. The summed E-state index contributed by atoms with van der Waals surface area (Å²) in [5.41, 5.74) is 7.79. The second kappa shape index (κ2) is 8.66. The Morgan fingerprint density at radius 1 is 1.19 bits per heavy atom. The highest BCUT2D eigenvalue weighted by Crippen LogP contribution is 2.19. The van der Waals surface area contributed by atoms with Crippen molar-refractivity contribution in [3.63, 3.8) is 0 Å². The first-order valence-electron chi connectivity index (χ1n) is 8.81. The lowest BCUT2D eigenvalue weighted by molar-refractivity contribution is -0.119. The number of nitrogens with one attached hydrogen (secondary N) is 2. The van der Waals surface area contributed by atoms with E-state index in [0.717, 1.165) is 0 Å². The summed E-state index contributed by atoms with van der Waals surface area (Å²) in [6.07, 6.45) is -0.0353. The molecule has 27 heavy (non-hydrogen) atoms. The molecule has 0 bridgehead atoms. The van der Waals surface area contributed by atoms with Gasteiger partial charge >= 0.3 is 0 Å². The predicted molar refractivity (Wildman–Crippen MR) is 100 cm³/mol. The summed E-state index contributed by atoms with van der Waals surface area (Å²) in [5.74, 6) is -0.734. The van der Waals surface area contributed by atoms with Crippen LogP contribution in [0.4, 0.5) is 0 Å². The van der Waals surface area contributed by atoms with Crippen LogP contribution in [0.5, 0.6) is 5.75 Å². The van der Waals surface area contributed by atoms with E-state index in [0.29, 0.717) is 13.0 Å². The summed E-state index contributed by atoms with van der Waals surface area (Å²) in [6, 6.07) is 14.5. The number of rotatable bonds is 7. The molecule has 1 unspecified atom stereocenters. The van der Waals surface area contributed by atoms with E-state index in [2.05, 4.69) is 22.8 Å². The van der Waals surface area contributed by atoms with Gasteiger partial charge in [-0.2, -0.15) is 0 Å². The number of nitrogens with two attached hydrogens (primary N) is 1. The molecule has 0 aromatic heterocycles. The van der Waals surface area contributed by atoms with E-state index in [1.165, 1.54) is 11.1 Å². The lowest BCUT2D eigenvalue weighted by Crippen LogP contribution is -2.49. The Labute approximate surface area is 157 Å². The molecule has 0 saturated heterocycles. The number of aliphatic hydroxyl groups excluding tert-OH is 1. The molecule has 2 aromatic rings. The van der Waals surface area contributed by atoms with E-state index >= 15 is 0 Å². The summed E-state index contributed by atoms with van der Waals surface area (Å²) >= 11 is 0. The number of hydrogen-bond donors (Lipinski definition) is 4. The third-order valence-electron chi connectivity index (χ3n) is 4.55. The molecule has 7 nitrogen and oxygen atoms in total. The molecule has 0 radical (unpaired) electrons. The fraction of sp³-hybridized carbons (Fsp3) is 0.300. The van der Waals surface area contributed by atoms with Crippen molar-refractivity contribution < 1.29 is 19.4 Å². The molecule has 0 aliphatic carbocycles. The molecule has 1 aliphatic heterocycles. The molecular weight excluding hydrogens is 346 g/mol. The van der Waals surface area contributed by atoms with E-state index in [1.54, 1.807) is 24.3 Å². The van der Waals surface area contributed by atoms with Crippen LogP contribution in [0.15, 0.2) is 48.5 Å². The van der Waals surface area contributed by atoms with Crippen LogP contribution in [0.2, 0.25) is 0 Å². The minimum absolute atomic E-state index is 0.100. The van der Waals surface area contributed by atoms with Crippen LogP contribution >= 0.6 is 0 Å². The number of fused-ring (bicyclic) bond motifs is 1. The number of benzene rings is 2. The average Bonchev–Trinajstić information content (AvgIpc) is 2.70. The second-order valence-corrected chi connectivity index (χ2v) is 6.49. The monoisotopic (exact) mass is 369 g/mol. The van der Waals surface area contributed by atoms with Crippen molar-refractivity contribution in [1.29, 1.82) is 0 Å². The lowest BCUT2D eigenvalue weighted by Gasteiger charge is -2.30. The Morgan fingerprint density at radius 3 is 2.67 bits per heavy atom. The van der Waals surface area contributed by atoms with Gasteiger partial charge in [-0.15, -0.1) is 0 Å². The first-order valence-corrected chi connectivity index (χ1v) is 8.81. The van der Waals surface area contributed by atoms with Crippen LogP contribution in [0.3, 0.4) is 0 Å². The van der Waals surface area contributed by atoms with Gasteiger partial charge in [0.05, 0.1) is 11.7 Å². The van der Waals surface area contributed by atoms with Crippen molar-refractivity contribution in [3.05, 3.63) is 65.2 Å². The van der Waals surface area contributed by atoms with Gasteiger partial charge in [0.2, 0.25) is 0 Å². The molecule has 7 heteroatoms. The van der Waals surface area contributed by atoms with Gasteiger partial charge in [0.15, 0.2) is 6.61 Å². The number of amides is 2. The second-order valence-electron chi connectivity index (χ2n) is 6.49. The molecule has 142 valence electrons. The number of primary amides is 1. The summed E-state index contributed by atoms with van der Waals surface area (Å²) < 4.78 is 5.27. The Hall–Kier alpha value is -2.90. The van der Waals surface area contributed by atoms with E-state index in [1.807, 2.05) is 12.1 Å². The van der Waals surface area contributed by atoms with Crippen molar-refractivity contribution in [3.8, 4) is 5.75 Å². The first-order chi connectivity index (χ1) is 13.0. The van der Waals surface area contributed by atoms with Gasteiger partial charge < -0.3 is 26.2 Å². The minimum atomic E-state index is -0.735. The van der Waals surface area contributed by atoms with Crippen LogP contribution in [-0.2, 0) is 17.8 Å². The van der Waals surface area contributed by atoms with Crippen molar-refractivity contribution in [1.82, 2.24) is 10.6 Å². The Morgan fingerprint density at radius 2 is 1.89 bits per heavy atom. The molecule has 1 aliphatic rings. The van der Waals surface area contributed by atoms with Gasteiger partial charge in [0, 0.05) is 19.1 Å². The number of carbonyl (C=O) groups excluding carboxylic acids is 2. The quantitative estimate of drug-likeness (QED) is 0.563. The van der Waals surface area contributed by atoms with Crippen molar-refractivity contribution in [2.75, 3.05) is 13.2 Å². The molecule has 2 atom stereocenters. The third kappa shape index (κ3) is 4.84. The van der Waals surface area contributed by atoms with Crippen LogP contribution in [0.1, 0.15) is 21.5 Å². The fourth-order valence-corrected chi connectivity index (χ4v) is 3.12. The Kier molecular flexibility index (Phi) is 6.05. The lowest BCUT2D eigenvalue weighted by atomic mass is 9.93. The number of aliphatic hydroxyl groups is 1. The maximum Gasteiger partial charge on any atom is 0.255 e. The summed E-state index contributed by atoms with van der Waals surface area (Å²) in [4.78, 5) is 23.3. The zero-order chi connectivity index (χ0) is 19.2. The van der Waals surface area contributed by atoms with Gasteiger partial charge in [-0.3, -0.25) is 9.59 Å². The standard InChI is InChI=1S/C20H23N3O4/c21-19(25)12-27-18-8-4-3-7-15(18)20(26)23-11-17(24)16-9-13-5-1-2-6-14(13)10-22-16/h1-8,16-17,22,24H,9-12H2,(H2,21,25)(H,23,26)/t16-,17?/m0/s1. The number of para-hydroxylation sites is 1. The van der Waals surface area contributed by atoms with Gasteiger partial charge in [-0.05, 0) is 29.7 Å². The molecule has 0 saturated carbocycles. The zero-order valence-electron chi connectivity index (χ0n) is 14.9. The highest BCUT2D eigenvalue weighted by atomic mass is 16.5. The predicted octanol–water partition coefficient (Wildman–Crippen LogP) is 0.356. The van der Waals surface area contributed by atoms with Gasteiger partial charge in [-0.25, -0.2) is 0 Å². The van der Waals surface area contributed by atoms with Gasteiger partial charge in [0.25, 0.3) is 11.8 Å². The van der Waals surface area contributed by atoms with Gasteiger partial charge in [-0.1, -0.05) is 36.4 Å². The SMILES string of the molecule is NC(=O)COc1ccccc1C(=O)NCC(O)[C@@H]1Cc2ccccc2CN1. The molecule has 2 aromatic carbocycles. The summed E-state index contributed by atoms with van der Waals surface area (Å²) in [5, 5.41) is 16.5. The maximum atomic E-state index is 12.5. The molecule has 1 heterocycles. The Bertz CT molecular complexity index is 824. The van der Waals surface area contributed by atoms with Crippen molar-refractivity contribution in [2.24, 2.45) is 5.73 Å². The number of ether oxygens (including phenoxy) is 1. The summed E-state index contributed by atoms with van der Waals surface area (Å²) in [6.45, 7) is 0.483. The highest BCUT2D eigenvalue weighted by Gasteiger charge is 2.25. The average molecular weight is 369 g/mol. The zero-order valence-corrected chi connectivity index (χ0v) is 14.9. The van der Waals surface area contributed by atoms with Crippen LogP contribution in [0, 0.1) is 0 Å². The third-order valence-corrected chi connectivity index (χ3v) is 4.55. The van der Waals surface area contributed by atoms with Crippen molar-refractivity contribution >= 4 is 11.8 Å². The fourth-order valence-electron chi connectivity index (χ4n) is 3.12. The van der Waals surface area contributed by atoms with E-state index in [-0.39, 0.29) is 36.4 Å². The molecular formula is C20H23N3O4. The highest BCUT2D eigenvalue weighted by molar-refractivity contribution is 5.97. The molecule has 0 fully saturated rings. The van der Waals surface area contributed by atoms with Crippen LogP contribution in [-0.4, -0.2) is 42.2 Å². The Balaban J connectivity index is 1.57. The summed E-state index contributed by atoms with van der Waals surface area (Å²) in [7, 11) is 0. The number of carbonyl (C=O) groups is 2. The molecule has 2 amide bonds.